The van der Waals surface area contributed by atoms with Crippen LogP contribution in [0.3, 0.4) is 0 Å². The first-order valence-electron chi connectivity index (χ1n) is 10.3. The Morgan fingerprint density at radius 1 is 1.17 bits per heavy atom. The maximum atomic E-state index is 13.4. The van der Waals surface area contributed by atoms with E-state index < -0.39 is 10.2 Å². The lowest BCUT2D eigenvalue weighted by Gasteiger charge is -2.32. The summed E-state index contributed by atoms with van der Waals surface area (Å²) < 4.78 is 41.2. The van der Waals surface area contributed by atoms with E-state index in [-0.39, 0.29) is 18.6 Å². The summed E-state index contributed by atoms with van der Waals surface area (Å²) in [5.41, 5.74) is 7.76. The molecule has 2 saturated heterocycles. The van der Waals surface area contributed by atoms with Crippen LogP contribution in [0.2, 0.25) is 0 Å². The molecule has 30 heavy (non-hydrogen) atoms. The molecular formula is C21H28N4O4S. The Labute approximate surface area is 177 Å². The van der Waals surface area contributed by atoms with Gasteiger partial charge in [-0.15, -0.1) is 0 Å². The zero-order valence-corrected chi connectivity index (χ0v) is 17.7. The fraction of sp³-hybridized carbons (Fsp3) is 0.476. The van der Waals surface area contributed by atoms with Gasteiger partial charge in [0.1, 0.15) is 6.61 Å². The standard InChI is InChI=1S/C21H28N4O4S/c22-14-17-6-7-23-21(12-17)29-16-20-13-19(18-4-2-1-3-5-18)15-25(20)30(26,27)24-8-10-28-11-9-24/h1-7,12,19-20H,8-11,13-16,22H2/t19-,20-/m0/s1. The fourth-order valence-electron chi connectivity index (χ4n) is 4.05. The Kier molecular flexibility index (Phi) is 6.64. The van der Waals surface area contributed by atoms with Gasteiger partial charge in [0, 0.05) is 38.4 Å². The molecule has 0 saturated carbocycles. The van der Waals surface area contributed by atoms with Crippen LogP contribution in [-0.2, 0) is 21.5 Å². The van der Waals surface area contributed by atoms with Crippen molar-refractivity contribution in [1.82, 2.24) is 13.6 Å². The highest BCUT2D eigenvalue weighted by Gasteiger charge is 2.43. The third kappa shape index (κ3) is 4.65. The van der Waals surface area contributed by atoms with E-state index in [1.54, 1.807) is 16.6 Å². The van der Waals surface area contributed by atoms with E-state index in [1.807, 2.05) is 24.3 Å². The summed E-state index contributed by atoms with van der Waals surface area (Å²) in [6.45, 7) is 2.68. The SMILES string of the molecule is NCc1ccnc(OC[C@@H]2C[C@H](c3ccccc3)CN2S(=O)(=O)N2CCOCC2)c1. The molecule has 2 aromatic rings. The van der Waals surface area contributed by atoms with Crippen LogP contribution < -0.4 is 10.5 Å². The molecule has 1 aromatic carbocycles. The van der Waals surface area contributed by atoms with Crippen LogP contribution in [0.5, 0.6) is 5.88 Å². The minimum atomic E-state index is -3.60. The molecule has 1 aromatic heterocycles. The molecule has 3 heterocycles. The monoisotopic (exact) mass is 432 g/mol. The van der Waals surface area contributed by atoms with E-state index in [9.17, 15) is 8.42 Å². The minimum Gasteiger partial charge on any atom is -0.476 e. The lowest BCUT2D eigenvalue weighted by molar-refractivity contribution is 0.0693. The van der Waals surface area contributed by atoms with Gasteiger partial charge in [0.25, 0.3) is 10.2 Å². The van der Waals surface area contributed by atoms with Crippen LogP contribution in [0, 0.1) is 0 Å². The second kappa shape index (κ2) is 9.40. The molecule has 2 fully saturated rings. The van der Waals surface area contributed by atoms with Crippen LogP contribution in [0.4, 0.5) is 0 Å². The third-order valence-corrected chi connectivity index (χ3v) is 7.74. The number of hydrogen-bond acceptors (Lipinski definition) is 6. The molecule has 2 atom stereocenters. The van der Waals surface area contributed by atoms with Gasteiger partial charge in [-0.05, 0) is 29.5 Å². The quantitative estimate of drug-likeness (QED) is 0.709. The molecule has 0 radical (unpaired) electrons. The zero-order chi connectivity index (χ0) is 21.0. The van der Waals surface area contributed by atoms with Gasteiger partial charge in [0.15, 0.2) is 0 Å². The predicted octanol–water partition coefficient (Wildman–Crippen LogP) is 1.35. The minimum absolute atomic E-state index is 0.124. The summed E-state index contributed by atoms with van der Waals surface area (Å²) in [5, 5.41) is 0. The number of morpholine rings is 1. The lowest BCUT2D eigenvalue weighted by atomic mass is 9.97. The Balaban J connectivity index is 1.54. The zero-order valence-electron chi connectivity index (χ0n) is 16.9. The number of nitrogens with two attached hydrogens (primary N) is 1. The summed E-state index contributed by atoms with van der Waals surface area (Å²) in [5.74, 6) is 0.587. The van der Waals surface area contributed by atoms with Crippen LogP contribution >= 0.6 is 0 Å². The predicted molar refractivity (Wildman–Crippen MR) is 113 cm³/mol. The van der Waals surface area contributed by atoms with E-state index in [0.29, 0.717) is 51.7 Å². The molecule has 9 heteroatoms. The van der Waals surface area contributed by atoms with Gasteiger partial charge in [0.2, 0.25) is 5.88 Å². The highest BCUT2D eigenvalue weighted by Crippen LogP contribution is 2.35. The highest BCUT2D eigenvalue weighted by molar-refractivity contribution is 7.86. The largest absolute Gasteiger partial charge is 0.476 e. The van der Waals surface area contributed by atoms with Crippen LogP contribution in [0.25, 0.3) is 0 Å². The van der Waals surface area contributed by atoms with Crippen molar-refractivity contribution < 1.29 is 17.9 Å². The molecule has 0 unspecified atom stereocenters. The second-order valence-electron chi connectivity index (χ2n) is 7.60. The van der Waals surface area contributed by atoms with Crippen molar-refractivity contribution in [2.75, 3.05) is 39.5 Å². The third-order valence-electron chi connectivity index (χ3n) is 5.69. The number of aromatic nitrogens is 1. The average molecular weight is 433 g/mol. The van der Waals surface area contributed by atoms with E-state index in [2.05, 4.69) is 17.1 Å². The number of hydrogen-bond donors (Lipinski definition) is 1. The molecule has 0 spiro atoms. The Hall–Kier alpha value is -2.04. The molecule has 8 nitrogen and oxygen atoms in total. The number of nitrogens with zero attached hydrogens (tertiary/aromatic N) is 3. The van der Waals surface area contributed by atoms with Gasteiger partial charge in [-0.25, -0.2) is 4.98 Å². The molecule has 2 aliphatic heterocycles. The molecule has 2 N–H and O–H groups in total. The summed E-state index contributed by atoms with van der Waals surface area (Å²) in [6.07, 6.45) is 2.35. The molecule has 0 amide bonds. The van der Waals surface area contributed by atoms with E-state index in [1.165, 1.54) is 4.31 Å². The van der Waals surface area contributed by atoms with Crippen molar-refractivity contribution in [3.63, 3.8) is 0 Å². The Morgan fingerprint density at radius 2 is 1.93 bits per heavy atom. The van der Waals surface area contributed by atoms with Gasteiger partial charge < -0.3 is 15.2 Å². The van der Waals surface area contributed by atoms with Crippen molar-refractivity contribution >= 4 is 10.2 Å². The smallest absolute Gasteiger partial charge is 0.282 e. The van der Waals surface area contributed by atoms with Crippen LogP contribution in [-0.4, -0.2) is 67.5 Å². The maximum Gasteiger partial charge on any atom is 0.282 e. The molecule has 0 aliphatic carbocycles. The van der Waals surface area contributed by atoms with E-state index >= 15 is 0 Å². The molecule has 4 rings (SSSR count). The molecule has 0 bridgehead atoms. The first-order valence-corrected chi connectivity index (χ1v) is 11.6. The van der Waals surface area contributed by atoms with Crippen molar-refractivity contribution in [3.05, 3.63) is 59.8 Å². The first kappa shape index (κ1) is 21.2. The summed E-state index contributed by atoms with van der Waals surface area (Å²) in [7, 11) is -3.60. The molecule has 2 aliphatic rings. The molecular weight excluding hydrogens is 404 g/mol. The summed E-state index contributed by atoms with van der Waals surface area (Å²) in [6, 6.07) is 13.4. The Bertz CT molecular complexity index is 935. The fourth-order valence-corrected chi connectivity index (χ4v) is 5.85. The van der Waals surface area contributed by atoms with Crippen LogP contribution in [0.1, 0.15) is 23.5 Å². The van der Waals surface area contributed by atoms with Crippen molar-refractivity contribution in [3.8, 4) is 5.88 Å². The Morgan fingerprint density at radius 3 is 2.67 bits per heavy atom. The second-order valence-corrected chi connectivity index (χ2v) is 9.48. The normalized spacial score (nSPS) is 23.5. The summed E-state index contributed by atoms with van der Waals surface area (Å²) >= 11 is 0. The van der Waals surface area contributed by atoms with E-state index in [0.717, 1.165) is 11.1 Å². The van der Waals surface area contributed by atoms with E-state index in [4.69, 9.17) is 15.2 Å². The first-order chi connectivity index (χ1) is 14.6. The van der Waals surface area contributed by atoms with Gasteiger partial charge in [0.05, 0.1) is 19.3 Å². The number of benzene rings is 1. The number of pyridine rings is 1. The number of rotatable bonds is 7. The van der Waals surface area contributed by atoms with Gasteiger partial charge in [-0.2, -0.15) is 17.0 Å². The average Bonchev–Trinajstić information content (AvgIpc) is 3.24. The molecule has 162 valence electrons. The van der Waals surface area contributed by atoms with Gasteiger partial charge in [-0.1, -0.05) is 30.3 Å². The van der Waals surface area contributed by atoms with Crippen LogP contribution in [0.15, 0.2) is 48.7 Å². The van der Waals surface area contributed by atoms with Crippen molar-refractivity contribution in [2.24, 2.45) is 5.73 Å². The topological polar surface area (TPSA) is 98.0 Å². The van der Waals surface area contributed by atoms with Crippen molar-refractivity contribution in [1.29, 1.82) is 0 Å². The summed E-state index contributed by atoms with van der Waals surface area (Å²) in [4.78, 5) is 4.23. The van der Waals surface area contributed by atoms with Gasteiger partial charge in [-0.3, -0.25) is 0 Å². The number of ether oxygens (including phenoxy) is 2. The van der Waals surface area contributed by atoms with Gasteiger partial charge >= 0.3 is 0 Å². The maximum absolute atomic E-state index is 13.4. The lowest BCUT2D eigenvalue weighted by Crippen LogP contribution is -2.51. The van der Waals surface area contributed by atoms with Crippen molar-refractivity contribution in [2.45, 2.75) is 24.9 Å². The highest BCUT2D eigenvalue weighted by atomic mass is 32.2.